The Morgan fingerprint density at radius 1 is 0.929 bits per heavy atom. The highest BCUT2D eigenvalue weighted by atomic mass is 16.5. The van der Waals surface area contributed by atoms with Crippen molar-refractivity contribution in [3.05, 3.63) is 35.9 Å². The van der Waals surface area contributed by atoms with Crippen LogP contribution in [-0.4, -0.2) is 42.8 Å². The Labute approximate surface area is 257 Å². The highest BCUT2D eigenvalue weighted by molar-refractivity contribution is 5.15. The summed E-state index contributed by atoms with van der Waals surface area (Å²) >= 11 is 0. The largest absolute Gasteiger partial charge is 0.374 e. The summed E-state index contributed by atoms with van der Waals surface area (Å²) in [5.74, 6) is 5.91. The van der Waals surface area contributed by atoms with Gasteiger partial charge in [-0.3, -0.25) is 0 Å². The summed E-state index contributed by atoms with van der Waals surface area (Å²) < 4.78 is 13.6. The molecule has 234 valence electrons. The number of hydrogen-bond donors (Lipinski definition) is 0. The molecule has 6 aliphatic rings. The molecule has 42 heavy (non-hydrogen) atoms. The zero-order valence-corrected chi connectivity index (χ0v) is 27.4. The van der Waals surface area contributed by atoms with E-state index in [1.807, 2.05) is 0 Å². The molecule has 12 atom stereocenters. The van der Waals surface area contributed by atoms with E-state index in [2.05, 4.69) is 62.9 Å². The van der Waals surface area contributed by atoms with E-state index in [0.717, 1.165) is 48.0 Å². The predicted octanol–water partition coefficient (Wildman–Crippen LogP) is 9.15. The maximum absolute atomic E-state index is 7.05. The topological polar surface area (TPSA) is 21.7 Å². The smallest absolute Gasteiger partial charge is 0.0720 e. The number of benzene rings is 1. The van der Waals surface area contributed by atoms with Crippen molar-refractivity contribution < 1.29 is 9.47 Å². The van der Waals surface area contributed by atoms with Crippen LogP contribution in [-0.2, 0) is 16.1 Å². The predicted molar refractivity (Wildman–Crippen MR) is 172 cm³/mol. The van der Waals surface area contributed by atoms with E-state index < -0.39 is 0 Å². The van der Waals surface area contributed by atoms with E-state index in [1.165, 1.54) is 109 Å². The summed E-state index contributed by atoms with van der Waals surface area (Å²) in [6.07, 6.45) is 19.4. The van der Waals surface area contributed by atoms with Crippen molar-refractivity contribution in [2.24, 2.45) is 52.3 Å². The minimum atomic E-state index is 0.452. The van der Waals surface area contributed by atoms with Gasteiger partial charge in [0.05, 0.1) is 24.9 Å². The zero-order valence-electron chi connectivity index (χ0n) is 27.4. The van der Waals surface area contributed by atoms with Crippen molar-refractivity contribution in [2.75, 3.05) is 19.6 Å². The SMILES string of the molecule is C[C@@H](CC[C@H]1O[C@H]2C[C@H]3[C@@H]4CC[C@@H]5C[C@@H](OCc6ccccc6)CC[C@]5(C)[C@H]4CC[C@]3(C)[C@H]2[C@@H]1C)CN1CCCCC1. The molecule has 0 aromatic heterocycles. The van der Waals surface area contributed by atoms with E-state index in [1.54, 1.807) is 0 Å². The van der Waals surface area contributed by atoms with Crippen LogP contribution >= 0.6 is 0 Å². The van der Waals surface area contributed by atoms with E-state index >= 15 is 0 Å². The van der Waals surface area contributed by atoms with E-state index in [4.69, 9.17) is 9.47 Å². The van der Waals surface area contributed by atoms with Crippen LogP contribution in [0.1, 0.15) is 117 Å². The lowest BCUT2D eigenvalue weighted by Gasteiger charge is -2.61. The van der Waals surface area contributed by atoms with Crippen molar-refractivity contribution in [3.8, 4) is 0 Å². The molecule has 0 amide bonds. The fourth-order valence-electron chi connectivity index (χ4n) is 12.3. The van der Waals surface area contributed by atoms with Gasteiger partial charge in [0.1, 0.15) is 0 Å². The lowest BCUT2D eigenvalue weighted by atomic mass is 9.44. The minimum absolute atomic E-state index is 0.452. The molecule has 2 aliphatic heterocycles. The molecular formula is C39H61NO2. The molecule has 1 aromatic rings. The van der Waals surface area contributed by atoms with Crippen LogP contribution in [0, 0.1) is 52.3 Å². The molecule has 6 fully saturated rings. The first-order chi connectivity index (χ1) is 20.3. The van der Waals surface area contributed by atoms with Gasteiger partial charge in [0.15, 0.2) is 0 Å². The van der Waals surface area contributed by atoms with Gasteiger partial charge in [0.2, 0.25) is 0 Å². The lowest BCUT2D eigenvalue weighted by Crippen LogP contribution is -2.54. The summed E-state index contributed by atoms with van der Waals surface area (Å²) in [4.78, 5) is 2.73. The Bertz CT molecular complexity index is 1040. The Kier molecular flexibility index (Phi) is 8.60. The second-order valence-corrected chi connectivity index (χ2v) is 16.8. The zero-order chi connectivity index (χ0) is 28.9. The van der Waals surface area contributed by atoms with Crippen LogP contribution in [0.5, 0.6) is 0 Å². The van der Waals surface area contributed by atoms with Crippen molar-refractivity contribution in [1.29, 1.82) is 0 Å². The maximum Gasteiger partial charge on any atom is 0.0720 e. The first kappa shape index (κ1) is 29.8. The summed E-state index contributed by atoms with van der Waals surface area (Å²) in [7, 11) is 0. The first-order valence-corrected chi connectivity index (χ1v) is 18.4. The molecule has 1 aromatic carbocycles. The van der Waals surface area contributed by atoms with E-state index in [-0.39, 0.29) is 0 Å². The number of ether oxygens (including phenoxy) is 2. The molecule has 0 bridgehead atoms. The van der Waals surface area contributed by atoms with Gasteiger partial charge in [0, 0.05) is 6.54 Å². The average Bonchev–Trinajstić information content (AvgIpc) is 3.48. The average molecular weight is 576 g/mol. The molecule has 7 rings (SSSR count). The Morgan fingerprint density at radius 2 is 1.71 bits per heavy atom. The van der Waals surface area contributed by atoms with Crippen LogP contribution in [0.25, 0.3) is 0 Å². The Morgan fingerprint density at radius 3 is 2.52 bits per heavy atom. The number of rotatable bonds is 8. The van der Waals surface area contributed by atoms with E-state index in [9.17, 15) is 0 Å². The molecular weight excluding hydrogens is 514 g/mol. The van der Waals surface area contributed by atoms with Crippen molar-refractivity contribution in [3.63, 3.8) is 0 Å². The minimum Gasteiger partial charge on any atom is -0.374 e. The Hall–Kier alpha value is -0.900. The third kappa shape index (κ3) is 5.44. The number of hydrogen-bond acceptors (Lipinski definition) is 3. The maximum atomic E-state index is 7.05. The fourth-order valence-corrected chi connectivity index (χ4v) is 12.3. The highest BCUT2D eigenvalue weighted by Crippen LogP contribution is 2.70. The van der Waals surface area contributed by atoms with E-state index in [0.29, 0.717) is 29.1 Å². The summed E-state index contributed by atoms with van der Waals surface area (Å²) in [5, 5.41) is 0. The lowest BCUT2D eigenvalue weighted by molar-refractivity contribution is -0.139. The van der Waals surface area contributed by atoms with Gasteiger partial charge < -0.3 is 14.4 Å². The molecule has 0 unspecified atom stereocenters. The molecule has 3 heteroatoms. The number of piperidine rings is 1. The number of nitrogens with zero attached hydrogens (tertiary/aromatic N) is 1. The summed E-state index contributed by atoms with van der Waals surface area (Å²) in [6, 6.07) is 10.8. The van der Waals surface area contributed by atoms with Crippen LogP contribution in [0.4, 0.5) is 0 Å². The molecule has 3 nitrogen and oxygen atoms in total. The normalized spacial score (nSPS) is 46.0. The van der Waals surface area contributed by atoms with Gasteiger partial charge >= 0.3 is 0 Å². The molecule has 2 heterocycles. The fraction of sp³-hybridized carbons (Fsp3) is 0.846. The van der Waals surface area contributed by atoms with Gasteiger partial charge in [-0.25, -0.2) is 0 Å². The molecule has 0 spiro atoms. The third-order valence-corrected chi connectivity index (χ3v) is 14.5. The molecule has 4 saturated carbocycles. The van der Waals surface area contributed by atoms with Crippen molar-refractivity contribution in [2.45, 2.75) is 136 Å². The molecule has 0 radical (unpaired) electrons. The van der Waals surface area contributed by atoms with Gasteiger partial charge in [-0.2, -0.15) is 0 Å². The molecule has 2 saturated heterocycles. The second-order valence-electron chi connectivity index (χ2n) is 16.8. The van der Waals surface area contributed by atoms with Gasteiger partial charge in [-0.15, -0.1) is 0 Å². The van der Waals surface area contributed by atoms with Gasteiger partial charge in [-0.05, 0) is 148 Å². The second kappa shape index (κ2) is 12.1. The highest BCUT2D eigenvalue weighted by Gasteiger charge is 2.65. The van der Waals surface area contributed by atoms with Crippen LogP contribution in [0.3, 0.4) is 0 Å². The first-order valence-electron chi connectivity index (χ1n) is 18.4. The number of likely N-dealkylation sites (tertiary alicyclic amines) is 1. The van der Waals surface area contributed by atoms with Crippen LogP contribution in [0.2, 0.25) is 0 Å². The molecule has 0 N–H and O–H groups in total. The monoisotopic (exact) mass is 575 g/mol. The van der Waals surface area contributed by atoms with Gasteiger partial charge in [0.25, 0.3) is 0 Å². The third-order valence-electron chi connectivity index (χ3n) is 14.5. The van der Waals surface area contributed by atoms with Crippen molar-refractivity contribution >= 4 is 0 Å². The molecule has 4 aliphatic carbocycles. The van der Waals surface area contributed by atoms with Crippen molar-refractivity contribution in [1.82, 2.24) is 4.90 Å². The summed E-state index contributed by atoms with van der Waals surface area (Å²) in [6.45, 7) is 15.2. The quantitative estimate of drug-likeness (QED) is 0.308. The van der Waals surface area contributed by atoms with Crippen LogP contribution in [0.15, 0.2) is 30.3 Å². The Balaban J connectivity index is 0.948. The number of fused-ring (bicyclic) bond motifs is 7. The van der Waals surface area contributed by atoms with Crippen LogP contribution < -0.4 is 0 Å². The van der Waals surface area contributed by atoms with Gasteiger partial charge in [-0.1, -0.05) is 64.4 Å². The summed E-state index contributed by atoms with van der Waals surface area (Å²) in [5.41, 5.74) is 2.34. The standard InChI is InChI=1S/C39H61NO2/c1-27(25-40-21-9-6-10-22-40)13-16-35-28(2)37-36(42-35)24-34-32-15-14-30-23-31(41-26-29-11-7-5-8-12-29)17-19-38(30,3)33(32)18-20-39(34,37)4/h5,7-8,11-12,27-28,30-37H,6,9-10,13-26H2,1-4H3/t27-,28+,30+,31-,32+,33-,34-,35+,36-,37-,38-,39-/m0/s1.